The van der Waals surface area contributed by atoms with Gasteiger partial charge in [0.2, 0.25) is 5.91 Å². The van der Waals surface area contributed by atoms with E-state index in [2.05, 4.69) is 5.32 Å². The molecule has 2 aromatic rings. The van der Waals surface area contributed by atoms with Crippen molar-refractivity contribution in [3.8, 4) is 11.1 Å². The molecule has 1 aliphatic heterocycles. The average molecular weight is 245 g/mol. The van der Waals surface area contributed by atoms with Gasteiger partial charge in [-0.2, -0.15) is 0 Å². The fourth-order valence-corrected chi connectivity index (χ4v) is 2.12. The van der Waals surface area contributed by atoms with E-state index in [4.69, 9.17) is 0 Å². The van der Waals surface area contributed by atoms with Gasteiger partial charge in [-0.25, -0.2) is 8.78 Å². The maximum Gasteiger partial charge on any atom is 0.228 e. The Balaban J connectivity index is 2.11. The Morgan fingerprint density at radius 1 is 1.06 bits per heavy atom. The number of hydrogen-bond acceptors (Lipinski definition) is 1. The van der Waals surface area contributed by atoms with Gasteiger partial charge in [0, 0.05) is 11.3 Å². The summed E-state index contributed by atoms with van der Waals surface area (Å²) in [5, 5.41) is 2.70. The van der Waals surface area contributed by atoms with Gasteiger partial charge in [0.15, 0.2) is 0 Å². The maximum atomic E-state index is 13.6. The molecule has 1 aliphatic rings. The lowest BCUT2D eigenvalue weighted by molar-refractivity contribution is -0.115. The van der Waals surface area contributed by atoms with Crippen molar-refractivity contribution in [2.24, 2.45) is 0 Å². The SMILES string of the molecule is O=C1Cc2cc(-c3cc(F)ccc3F)ccc2N1. The second-order valence-corrected chi connectivity index (χ2v) is 4.22. The number of carbonyl (C=O) groups is 1. The molecule has 0 spiro atoms. The van der Waals surface area contributed by atoms with E-state index in [1.54, 1.807) is 18.2 Å². The molecular formula is C14H9F2NO. The number of nitrogens with one attached hydrogen (secondary N) is 1. The van der Waals surface area contributed by atoms with E-state index in [-0.39, 0.29) is 17.9 Å². The third-order valence-electron chi connectivity index (χ3n) is 2.97. The molecule has 1 N–H and O–H groups in total. The smallest absolute Gasteiger partial charge is 0.228 e. The highest BCUT2D eigenvalue weighted by molar-refractivity contribution is 5.99. The fraction of sp³-hybridized carbons (Fsp3) is 0.0714. The highest BCUT2D eigenvalue weighted by Crippen LogP contribution is 2.30. The molecule has 0 bridgehead atoms. The first-order valence-corrected chi connectivity index (χ1v) is 5.52. The predicted molar refractivity (Wildman–Crippen MR) is 64.1 cm³/mol. The van der Waals surface area contributed by atoms with E-state index < -0.39 is 11.6 Å². The van der Waals surface area contributed by atoms with Crippen LogP contribution in [0.2, 0.25) is 0 Å². The number of halogens is 2. The van der Waals surface area contributed by atoms with Crippen LogP contribution in [0.5, 0.6) is 0 Å². The lowest BCUT2D eigenvalue weighted by Gasteiger charge is -2.06. The zero-order valence-electron chi connectivity index (χ0n) is 9.34. The average Bonchev–Trinajstić information content (AvgIpc) is 2.71. The topological polar surface area (TPSA) is 29.1 Å². The molecule has 0 fully saturated rings. The van der Waals surface area contributed by atoms with E-state index in [0.29, 0.717) is 5.56 Å². The summed E-state index contributed by atoms with van der Waals surface area (Å²) in [5.74, 6) is -1.04. The van der Waals surface area contributed by atoms with Gasteiger partial charge >= 0.3 is 0 Å². The quantitative estimate of drug-likeness (QED) is 0.821. The minimum Gasteiger partial charge on any atom is -0.326 e. The number of amides is 1. The Hall–Kier alpha value is -2.23. The first-order chi connectivity index (χ1) is 8.63. The van der Waals surface area contributed by atoms with Crippen LogP contribution in [0.25, 0.3) is 11.1 Å². The van der Waals surface area contributed by atoms with Crippen molar-refractivity contribution >= 4 is 11.6 Å². The molecule has 0 radical (unpaired) electrons. The third-order valence-corrected chi connectivity index (χ3v) is 2.97. The molecule has 0 saturated heterocycles. The normalized spacial score (nSPS) is 13.3. The zero-order chi connectivity index (χ0) is 12.7. The van der Waals surface area contributed by atoms with Gasteiger partial charge in [0.25, 0.3) is 0 Å². The maximum absolute atomic E-state index is 13.6. The van der Waals surface area contributed by atoms with Gasteiger partial charge in [-0.15, -0.1) is 0 Å². The van der Waals surface area contributed by atoms with Crippen LogP contribution in [0.1, 0.15) is 5.56 Å². The van der Waals surface area contributed by atoms with Gasteiger partial charge in [0.1, 0.15) is 11.6 Å². The highest BCUT2D eigenvalue weighted by atomic mass is 19.1. The summed E-state index contributed by atoms with van der Waals surface area (Å²) in [6.45, 7) is 0. The number of hydrogen-bond donors (Lipinski definition) is 1. The number of anilines is 1. The van der Waals surface area contributed by atoms with Gasteiger partial charge in [-0.1, -0.05) is 6.07 Å². The Morgan fingerprint density at radius 3 is 2.72 bits per heavy atom. The Morgan fingerprint density at radius 2 is 1.89 bits per heavy atom. The molecule has 2 aromatic carbocycles. The number of benzene rings is 2. The Labute approximate surface area is 102 Å². The first kappa shape index (κ1) is 10.9. The van der Waals surface area contributed by atoms with Crippen molar-refractivity contribution in [3.05, 3.63) is 53.6 Å². The standard InChI is InChI=1S/C14H9F2NO/c15-10-2-3-12(16)11(7-10)8-1-4-13-9(5-8)6-14(18)17-13/h1-5,7H,6H2,(H,17,18). The summed E-state index contributed by atoms with van der Waals surface area (Å²) >= 11 is 0. The molecule has 1 heterocycles. The second kappa shape index (κ2) is 3.91. The molecule has 1 amide bonds. The first-order valence-electron chi connectivity index (χ1n) is 5.52. The molecule has 0 unspecified atom stereocenters. The van der Waals surface area contributed by atoms with Crippen LogP contribution in [-0.4, -0.2) is 5.91 Å². The summed E-state index contributed by atoms with van der Waals surface area (Å²) in [6.07, 6.45) is 0.278. The van der Waals surface area contributed by atoms with E-state index in [1.165, 1.54) is 0 Å². The van der Waals surface area contributed by atoms with E-state index in [0.717, 1.165) is 29.4 Å². The number of rotatable bonds is 1. The summed E-state index contributed by atoms with van der Waals surface area (Å²) in [7, 11) is 0. The lowest BCUT2D eigenvalue weighted by atomic mass is 10.0. The van der Waals surface area contributed by atoms with Crippen LogP contribution >= 0.6 is 0 Å². The minimum absolute atomic E-state index is 0.0816. The Bertz CT molecular complexity index is 652. The summed E-state index contributed by atoms with van der Waals surface area (Å²) in [6, 6.07) is 8.42. The predicted octanol–water partition coefficient (Wildman–Crippen LogP) is 3.13. The van der Waals surface area contributed by atoms with Gasteiger partial charge in [0.05, 0.1) is 6.42 Å². The largest absolute Gasteiger partial charge is 0.326 e. The zero-order valence-corrected chi connectivity index (χ0v) is 9.34. The summed E-state index contributed by atoms with van der Waals surface area (Å²) in [4.78, 5) is 11.2. The monoisotopic (exact) mass is 245 g/mol. The van der Waals surface area contributed by atoms with Crippen molar-refractivity contribution in [2.45, 2.75) is 6.42 Å². The van der Waals surface area contributed by atoms with Crippen LogP contribution in [0.4, 0.5) is 14.5 Å². The van der Waals surface area contributed by atoms with Gasteiger partial charge in [-0.05, 0) is 41.5 Å². The minimum atomic E-state index is -0.485. The third kappa shape index (κ3) is 1.76. The molecule has 0 aliphatic carbocycles. The summed E-state index contributed by atoms with van der Waals surface area (Å²) < 4.78 is 26.8. The van der Waals surface area contributed by atoms with Crippen molar-refractivity contribution in [1.29, 1.82) is 0 Å². The Kier molecular flexibility index (Phi) is 2.37. The van der Waals surface area contributed by atoms with E-state index in [9.17, 15) is 13.6 Å². The molecule has 0 saturated carbocycles. The number of carbonyl (C=O) groups excluding carboxylic acids is 1. The van der Waals surface area contributed by atoms with E-state index >= 15 is 0 Å². The van der Waals surface area contributed by atoms with Crippen molar-refractivity contribution in [2.75, 3.05) is 5.32 Å². The van der Waals surface area contributed by atoms with Crippen LogP contribution in [0.3, 0.4) is 0 Å². The van der Waals surface area contributed by atoms with Gasteiger partial charge in [-0.3, -0.25) is 4.79 Å². The highest BCUT2D eigenvalue weighted by Gasteiger charge is 2.18. The molecule has 2 nitrogen and oxygen atoms in total. The number of fused-ring (bicyclic) bond motifs is 1. The van der Waals surface area contributed by atoms with Crippen molar-refractivity contribution < 1.29 is 13.6 Å². The van der Waals surface area contributed by atoms with Crippen molar-refractivity contribution in [1.82, 2.24) is 0 Å². The van der Waals surface area contributed by atoms with Gasteiger partial charge < -0.3 is 5.32 Å². The fourth-order valence-electron chi connectivity index (χ4n) is 2.12. The van der Waals surface area contributed by atoms with Crippen LogP contribution in [0, 0.1) is 11.6 Å². The van der Waals surface area contributed by atoms with E-state index in [1.807, 2.05) is 0 Å². The molecule has 4 heteroatoms. The molecule has 18 heavy (non-hydrogen) atoms. The summed E-state index contributed by atoms with van der Waals surface area (Å²) in [5.41, 5.74) is 2.32. The lowest BCUT2D eigenvalue weighted by Crippen LogP contribution is -2.03. The molecule has 0 atom stereocenters. The van der Waals surface area contributed by atoms with Crippen LogP contribution < -0.4 is 5.32 Å². The molecule has 3 rings (SSSR count). The molecular weight excluding hydrogens is 236 g/mol. The van der Waals surface area contributed by atoms with Crippen LogP contribution in [0.15, 0.2) is 36.4 Å². The molecule has 90 valence electrons. The molecule has 0 aromatic heterocycles. The van der Waals surface area contributed by atoms with Crippen molar-refractivity contribution in [3.63, 3.8) is 0 Å². The van der Waals surface area contributed by atoms with Crippen LogP contribution in [-0.2, 0) is 11.2 Å². The second-order valence-electron chi connectivity index (χ2n) is 4.22.